The van der Waals surface area contributed by atoms with Gasteiger partial charge in [0.1, 0.15) is 18.8 Å². The van der Waals surface area contributed by atoms with Gasteiger partial charge in [0, 0.05) is 19.3 Å². The minimum atomic E-state index is -1.91. The topological polar surface area (TPSA) is 175 Å². The Hall–Kier alpha value is -3.84. The highest BCUT2D eigenvalue weighted by atomic mass is 16.7. The largest absolute Gasteiger partial charge is 0.479 e. The standard InChI is InChI=1S/C69H118O12/c1-4-7-10-13-16-19-22-25-28-30-31-33-35-37-40-43-46-49-52-55-61(70)77-58-60(79-62(71)56-53-50-47-44-41-39-36-32-29-26-23-20-17-14-11-8-5-2)59-78-69-67(65(74)64(73)66(81-69)68(75)76)80-63(72)57-54-51-48-45-42-38-34-27-24-21-18-15-12-9-6-3/h8,11,17,20,25-26,28-29,36,39,44,47,60,64-67,69,73-74H,4-7,9-10,12-16,18-19,21-24,27,30-35,37-38,40-43,45-46,48-59H2,1-3H3,(H,75,76)/b11-8-,20-17-,28-25-,29-26-,39-36-,47-44-. The maximum absolute atomic E-state index is 13.2. The summed E-state index contributed by atoms with van der Waals surface area (Å²) in [5.74, 6) is -3.18. The quantitative estimate of drug-likeness (QED) is 0.0228. The van der Waals surface area contributed by atoms with Crippen LogP contribution in [-0.2, 0) is 42.9 Å². The number of carbonyl (C=O) groups is 4. The second kappa shape index (κ2) is 56.6. The van der Waals surface area contributed by atoms with E-state index in [2.05, 4.69) is 87.6 Å². The fraction of sp³-hybridized carbons (Fsp3) is 0.768. The van der Waals surface area contributed by atoms with Gasteiger partial charge in [-0.3, -0.25) is 14.4 Å². The fourth-order valence-electron chi connectivity index (χ4n) is 9.75. The number of carboxylic acid groups (broad SMARTS) is 1. The number of aliphatic hydroxyl groups excluding tert-OH is 2. The molecule has 1 aliphatic heterocycles. The predicted molar refractivity (Wildman–Crippen MR) is 331 cm³/mol. The van der Waals surface area contributed by atoms with Crippen molar-refractivity contribution in [1.29, 1.82) is 0 Å². The van der Waals surface area contributed by atoms with Crippen LogP contribution < -0.4 is 0 Å². The summed E-state index contributed by atoms with van der Waals surface area (Å²) in [5.41, 5.74) is 0. The van der Waals surface area contributed by atoms with Crippen molar-refractivity contribution in [2.24, 2.45) is 0 Å². The number of rotatable bonds is 56. The first-order chi connectivity index (χ1) is 39.6. The van der Waals surface area contributed by atoms with E-state index in [4.69, 9.17) is 23.7 Å². The number of aliphatic carboxylic acids is 1. The third-order valence-electron chi connectivity index (χ3n) is 14.8. The Bertz CT molecular complexity index is 1680. The average molecular weight is 1140 g/mol. The molecule has 6 unspecified atom stereocenters. The highest BCUT2D eigenvalue weighted by Crippen LogP contribution is 2.27. The molecule has 0 aromatic rings. The molecule has 1 rings (SSSR count). The van der Waals surface area contributed by atoms with Gasteiger partial charge in [-0.25, -0.2) is 4.79 Å². The molecule has 0 saturated carbocycles. The molecular formula is C69H118O12. The van der Waals surface area contributed by atoms with Gasteiger partial charge in [-0.15, -0.1) is 0 Å². The summed E-state index contributed by atoms with van der Waals surface area (Å²) in [6.45, 7) is 5.86. The van der Waals surface area contributed by atoms with E-state index in [1.54, 1.807) is 0 Å². The van der Waals surface area contributed by atoms with Crippen molar-refractivity contribution in [2.75, 3.05) is 13.2 Å². The number of carboxylic acids is 1. The van der Waals surface area contributed by atoms with Crippen LogP contribution in [0.25, 0.3) is 0 Å². The lowest BCUT2D eigenvalue weighted by atomic mass is 9.98. The molecule has 0 bridgehead atoms. The number of unbranched alkanes of at least 4 members (excludes halogenated alkanes) is 30. The average Bonchev–Trinajstić information content (AvgIpc) is 3.52. The van der Waals surface area contributed by atoms with E-state index in [0.29, 0.717) is 25.7 Å². The molecule has 81 heavy (non-hydrogen) atoms. The predicted octanol–water partition coefficient (Wildman–Crippen LogP) is 17.7. The van der Waals surface area contributed by atoms with Crippen molar-refractivity contribution in [3.8, 4) is 0 Å². The van der Waals surface area contributed by atoms with Gasteiger partial charge in [-0.1, -0.05) is 261 Å². The highest BCUT2D eigenvalue weighted by Gasteiger charge is 2.50. The van der Waals surface area contributed by atoms with Crippen molar-refractivity contribution < 1.29 is 58.2 Å². The van der Waals surface area contributed by atoms with Gasteiger partial charge >= 0.3 is 23.9 Å². The second-order valence-corrected chi connectivity index (χ2v) is 22.4. The molecule has 1 fully saturated rings. The molecule has 0 aliphatic carbocycles. The van der Waals surface area contributed by atoms with Crippen LogP contribution in [0.15, 0.2) is 72.9 Å². The first-order valence-corrected chi connectivity index (χ1v) is 32.9. The van der Waals surface area contributed by atoms with E-state index < -0.39 is 67.3 Å². The third kappa shape index (κ3) is 46.3. The molecule has 0 spiro atoms. The maximum atomic E-state index is 13.2. The number of hydrogen-bond acceptors (Lipinski definition) is 11. The van der Waals surface area contributed by atoms with E-state index in [1.807, 2.05) is 6.08 Å². The summed E-state index contributed by atoms with van der Waals surface area (Å²) < 4.78 is 28.5. The Labute approximate surface area is 493 Å². The lowest BCUT2D eigenvalue weighted by molar-refractivity contribution is -0.301. The van der Waals surface area contributed by atoms with Crippen molar-refractivity contribution in [2.45, 2.75) is 327 Å². The van der Waals surface area contributed by atoms with Crippen LogP contribution in [0, 0.1) is 0 Å². The molecule has 466 valence electrons. The number of aliphatic hydroxyl groups is 2. The smallest absolute Gasteiger partial charge is 0.335 e. The molecule has 0 aromatic carbocycles. The fourth-order valence-corrected chi connectivity index (χ4v) is 9.75. The monoisotopic (exact) mass is 1140 g/mol. The van der Waals surface area contributed by atoms with E-state index >= 15 is 0 Å². The molecule has 1 saturated heterocycles. The summed E-state index contributed by atoms with van der Waals surface area (Å²) in [7, 11) is 0. The van der Waals surface area contributed by atoms with E-state index in [9.17, 15) is 34.5 Å². The van der Waals surface area contributed by atoms with Crippen LogP contribution in [-0.4, -0.2) is 89.2 Å². The summed E-state index contributed by atoms with van der Waals surface area (Å²) in [6.07, 6.45) is 60.1. The van der Waals surface area contributed by atoms with Crippen LogP contribution >= 0.6 is 0 Å². The van der Waals surface area contributed by atoms with Gasteiger partial charge in [0.2, 0.25) is 0 Å². The van der Waals surface area contributed by atoms with Crippen LogP contribution in [0.3, 0.4) is 0 Å². The zero-order valence-electron chi connectivity index (χ0n) is 51.5. The van der Waals surface area contributed by atoms with E-state index in [1.165, 1.54) is 148 Å². The molecule has 12 nitrogen and oxygen atoms in total. The summed E-state index contributed by atoms with van der Waals surface area (Å²) in [6, 6.07) is 0. The minimum absolute atomic E-state index is 0.0557. The summed E-state index contributed by atoms with van der Waals surface area (Å²) in [4.78, 5) is 51.3. The van der Waals surface area contributed by atoms with Gasteiger partial charge < -0.3 is 39.0 Å². The van der Waals surface area contributed by atoms with Gasteiger partial charge in [-0.05, 0) is 83.5 Å². The van der Waals surface area contributed by atoms with Crippen molar-refractivity contribution in [3.05, 3.63) is 72.9 Å². The Morgan fingerprint density at radius 1 is 0.420 bits per heavy atom. The Morgan fingerprint density at radius 3 is 1.23 bits per heavy atom. The van der Waals surface area contributed by atoms with E-state index in [0.717, 1.165) is 77.0 Å². The van der Waals surface area contributed by atoms with Crippen molar-refractivity contribution >= 4 is 23.9 Å². The van der Waals surface area contributed by atoms with Gasteiger partial charge in [0.25, 0.3) is 0 Å². The maximum Gasteiger partial charge on any atom is 0.335 e. The number of carbonyl (C=O) groups excluding carboxylic acids is 3. The molecule has 3 N–H and O–H groups in total. The molecule has 0 aromatic heterocycles. The lowest BCUT2D eigenvalue weighted by Crippen LogP contribution is -2.61. The number of allylic oxidation sites excluding steroid dienone is 12. The minimum Gasteiger partial charge on any atom is -0.479 e. The lowest BCUT2D eigenvalue weighted by Gasteiger charge is -2.40. The number of esters is 3. The molecule has 0 amide bonds. The van der Waals surface area contributed by atoms with Crippen LogP contribution in [0.5, 0.6) is 0 Å². The Morgan fingerprint density at radius 2 is 0.790 bits per heavy atom. The molecule has 6 atom stereocenters. The highest BCUT2D eigenvalue weighted by molar-refractivity contribution is 5.74. The van der Waals surface area contributed by atoms with Crippen LogP contribution in [0.2, 0.25) is 0 Å². The van der Waals surface area contributed by atoms with Crippen molar-refractivity contribution in [1.82, 2.24) is 0 Å². The first-order valence-electron chi connectivity index (χ1n) is 32.9. The van der Waals surface area contributed by atoms with Crippen LogP contribution in [0.1, 0.15) is 290 Å². The SMILES string of the molecule is CC/C=C\C/C=C\C/C=C\C/C=C\C/C=C\CCCC(=O)OC(COC(=O)CCCCCCCCCCC/C=C\CCCCCCCC)COC1OC(C(=O)O)C(O)C(O)C1OC(=O)CCCCCCCCCCCCCCCCC. The van der Waals surface area contributed by atoms with Gasteiger partial charge in [0.15, 0.2) is 24.6 Å². The first kappa shape index (κ1) is 75.2. The number of ether oxygens (including phenoxy) is 5. The Kier molecular flexibility index (Phi) is 52.6. The van der Waals surface area contributed by atoms with Crippen LogP contribution in [0.4, 0.5) is 0 Å². The summed E-state index contributed by atoms with van der Waals surface area (Å²) in [5, 5.41) is 31.6. The summed E-state index contributed by atoms with van der Waals surface area (Å²) >= 11 is 0. The van der Waals surface area contributed by atoms with Gasteiger partial charge in [-0.2, -0.15) is 0 Å². The third-order valence-corrected chi connectivity index (χ3v) is 14.8. The molecule has 1 aliphatic rings. The zero-order chi connectivity index (χ0) is 58.9. The van der Waals surface area contributed by atoms with Gasteiger partial charge in [0.05, 0.1) is 6.61 Å². The van der Waals surface area contributed by atoms with E-state index in [-0.39, 0.29) is 25.9 Å². The normalized spacial score (nSPS) is 18.2. The zero-order valence-corrected chi connectivity index (χ0v) is 51.5. The number of hydrogen-bond donors (Lipinski definition) is 3. The molecule has 12 heteroatoms. The molecule has 0 radical (unpaired) electrons. The molecular weight excluding hydrogens is 1020 g/mol. The van der Waals surface area contributed by atoms with Crippen molar-refractivity contribution in [3.63, 3.8) is 0 Å². The Balaban J connectivity index is 2.68. The molecule has 1 heterocycles. The second-order valence-electron chi connectivity index (χ2n) is 22.4.